The maximum atomic E-state index is 15.3. The number of ether oxygens (including phenoxy) is 4. The summed E-state index contributed by atoms with van der Waals surface area (Å²) in [5, 5.41) is 0.229. The Balaban J connectivity index is 1.81. The van der Waals surface area contributed by atoms with Crippen LogP contribution in [0.25, 0.3) is 16.7 Å². The minimum absolute atomic E-state index is 0.0596. The Bertz CT molecular complexity index is 1620. The summed E-state index contributed by atoms with van der Waals surface area (Å²) in [5.41, 5.74) is -0.705. The third-order valence-corrected chi connectivity index (χ3v) is 11.0. The first-order valence-corrected chi connectivity index (χ1v) is 19.7. The van der Waals surface area contributed by atoms with Gasteiger partial charge < -0.3 is 18.9 Å². The highest BCUT2D eigenvalue weighted by Crippen LogP contribution is 2.67. The van der Waals surface area contributed by atoms with E-state index in [1.54, 1.807) is 26.8 Å². The first-order valence-electron chi connectivity index (χ1n) is 15.2. The number of aromatic nitrogens is 2. The van der Waals surface area contributed by atoms with Crippen LogP contribution in [-0.2, 0) is 24.5 Å². The number of halogens is 1. The van der Waals surface area contributed by atoms with Gasteiger partial charge in [0, 0.05) is 38.6 Å². The van der Waals surface area contributed by atoms with Crippen LogP contribution in [0.3, 0.4) is 0 Å². The Labute approximate surface area is 280 Å². The summed E-state index contributed by atoms with van der Waals surface area (Å²) in [6.07, 6.45) is 3.78. The van der Waals surface area contributed by atoms with Crippen molar-refractivity contribution in [2.45, 2.75) is 75.7 Å². The van der Waals surface area contributed by atoms with E-state index in [0.717, 1.165) is 17.8 Å². The van der Waals surface area contributed by atoms with Crippen molar-refractivity contribution in [1.29, 1.82) is 0 Å². The number of pyridine rings is 2. The Morgan fingerprint density at radius 3 is 2.51 bits per heavy atom. The molecule has 2 aliphatic rings. The van der Waals surface area contributed by atoms with Crippen LogP contribution in [0.15, 0.2) is 35.6 Å². The summed E-state index contributed by atoms with van der Waals surface area (Å²) in [7, 11) is 1.38. The largest absolute Gasteiger partial charge is 0.481 e. The minimum atomic E-state index is -1.42. The second-order valence-electron chi connectivity index (χ2n) is 13.9. The summed E-state index contributed by atoms with van der Waals surface area (Å²) in [5.74, 6) is -1.19. The molecule has 252 valence electrons. The zero-order valence-corrected chi connectivity index (χ0v) is 30.2. The molecule has 0 radical (unpaired) electrons. The average molecular weight is 684 g/mol. The van der Waals surface area contributed by atoms with Crippen molar-refractivity contribution in [3.8, 4) is 5.88 Å². The molecule has 3 atom stereocenters. The maximum Gasteiger partial charge on any atom is 0.418 e. The topological polar surface area (TPSA) is 117 Å². The number of hydrogen-bond acceptors (Lipinski definition) is 10. The smallest absolute Gasteiger partial charge is 0.418 e. The number of esters is 1. The zero-order valence-electron chi connectivity index (χ0n) is 28.3. The molecule has 0 N–H and O–H groups in total. The number of methoxy groups -OCH3 is 2. The number of amidine groups is 1. The molecule has 0 unspecified atom stereocenters. The molecule has 14 heteroatoms. The molecule has 1 saturated carbocycles. The van der Waals surface area contributed by atoms with Crippen molar-refractivity contribution in [2.75, 3.05) is 27.6 Å². The van der Waals surface area contributed by atoms with Gasteiger partial charge in [-0.3, -0.25) is 14.8 Å². The van der Waals surface area contributed by atoms with Crippen LogP contribution in [0.1, 0.15) is 50.9 Å². The Morgan fingerprint density at radius 2 is 1.94 bits per heavy atom. The molecule has 0 aromatic carbocycles. The van der Waals surface area contributed by atoms with Gasteiger partial charge in [0.15, 0.2) is 5.17 Å². The van der Waals surface area contributed by atoms with Crippen LogP contribution >= 0.6 is 11.8 Å². The van der Waals surface area contributed by atoms with Crippen LogP contribution in [0, 0.1) is 12.5 Å². The van der Waals surface area contributed by atoms with Gasteiger partial charge in [0.1, 0.15) is 22.9 Å². The number of amides is 1. The summed E-state index contributed by atoms with van der Waals surface area (Å²) in [6.45, 7) is 21.3. The molecule has 0 bridgehead atoms. The van der Waals surface area contributed by atoms with Gasteiger partial charge in [0.05, 0.1) is 32.0 Å². The number of aliphatic imine (C=N–C) groups is 1. The number of hydrogen-bond donors (Lipinski definition) is 0. The molecular formula is C33H42FN5O6SSi. The van der Waals surface area contributed by atoms with Crippen LogP contribution in [0.2, 0.25) is 25.7 Å². The quantitative estimate of drug-likeness (QED) is 0.0836. The monoisotopic (exact) mass is 683 g/mol. The van der Waals surface area contributed by atoms with Gasteiger partial charge in [-0.05, 0) is 63.9 Å². The van der Waals surface area contributed by atoms with Gasteiger partial charge in [0.25, 0.3) is 0 Å². The van der Waals surface area contributed by atoms with Crippen molar-refractivity contribution in [1.82, 2.24) is 14.9 Å². The normalized spacial score (nSPS) is 22.4. The number of rotatable bonds is 10. The average Bonchev–Trinajstić information content (AvgIpc) is 3.76. The fraction of sp³-hybridized carbons (Fsp3) is 0.515. The SMILES string of the molecule is [C-]#[N+]c1ccc(/C(F)=C/c2cnc(OC)c([C@@]3(C)N=C(N(COCC[Si](C)(C)C)C(=O)OC(C)(C)C)S[C@@]4(C(=O)OC)C[C@H]43)c2)nc1. The zero-order chi connectivity index (χ0) is 34.8. The van der Waals surface area contributed by atoms with Gasteiger partial charge >= 0.3 is 12.1 Å². The molecule has 2 aromatic heterocycles. The minimum Gasteiger partial charge on any atom is -0.481 e. The van der Waals surface area contributed by atoms with Crippen LogP contribution in [0.5, 0.6) is 5.88 Å². The molecule has 0 saturated heterocycles. The molecule has 1 amide bonds. The van der Waals surface area contributed by atoms with Gasteiger partial charge in [-0.1, -0.05) is 37.5 Å². The highest BCUT2D eigenvalue weighted by molar-refractivity contribution is 8.15. The fourth-order valence-electron chi connectivity index (χ4n) is 5.20. The first-order chi connectivity index (χ1) is 22.0. The van der Waals surface area contributed by atoms with Crippen LogP contribution in [-0.4, -0.2) is 78.1 Å². The van der Waals surface area contributed by atoms with Crippen molar-refractivity contribution >= 4 is 54.7 Å². The van der Waals surface area contributed by atoms with Gasteiger partial charge in [-0.25, -0.2) is 23.9 Å². The lowest BCUT2D eigenvalue weighted by atomic mass is 9.86. The van der Waals surface area contributed by atoms with E-state index in [1.165, 1.54) is 49.7 Å². The van der Waals surface area contributed by atoms with E-state index in [1.807, 2.05) is 6.92 Å². The number of carbonyl (C=O) groups is 2. The lowest BCUT2D eigenvalue weighted by molar-refractivity contribution is -0.141. The third-order valence-electron chi connectivity index (χ3n) is 7.81. The van der Waals surface area contributed by atoms with Gasteiger partial charge in [-0.15, -0.1) is 0 Å². The Morgan fingerprint density at radius 1 is 1.21 bits per heavy atom. The van der Waals surface area contributed by atoms with E-state index in [-0.39, 0.29) is 29.4 Å². The van der Waals surface area contributed by atoms with Crippen LogP contribution < -0.4 is 4.74 Å². The van der Waals surface area contributed by atoms with Crippen molar-refractivity contribution in [3.05, 3.63) is 58.8 Å². The molecule has 11 nitrogen and oxygen atoms in total. The molecule has 4 rings (SSSR count). The number of nitrogens with zero attached hydrogens (tertiary/aromatic N) is 5. The van der Waals surface area contributed by atoms with E-state index in [9.17, 15) is 9.59 Å². The highest BCUT2D eigenvalue weighted by Gasteiger charge is 2.72. The standard InChI is InChI=1S/C33H42FN5O6SSi/c1-31(2,3)45-30(41)39(20-44-13-14-47(8,9)10)29-38-32(4,26-17-33(26,46-29)28(40)43-7)23-15-21(18-37-27(23)42-6)16-24(34)25-12-11-22(35-5)19-36-25/h11-12,15-16,18-19,26H,13-14,17,20H2,1-4,6-10H3/b24-16-/t26-,32+,33-/m0/s1. The van der Waals surface area contributed by atoms with E-state index >= 15 is 4.39 Å². The van der Waals surface area contributed by atoms with E-state index in [0.29, 0.717) is 29.8 Å². The van der Waals surface area contributed by atoms with Crippen molar-refractivity contribution < 1.29 is 32.9 Å². The molecular weight excluding hydrogens is 642 g/mol. The number of thioether (sulfide) groups is 1. The molecule has 1 fully saturated rings. The molecule has 2 aromatic rings. The lowest BCUT2D eigenvalue weighted by Crippen LogP contribution is -2.47. The molecule has 0 spiro atoms. The predicted molar refractivity (Wildman–Crippen MR) is 183 cm³/mol. The van der Waals surface area contributed by atoms with Crippen molar-refractivity contribution in [3.63, 3.8) is 0 Å². The number of carbonyl (C=O) groups excluding carboxylic acids is 2. The second kappa shape index (κ2) is 13.7. The maximum absolute atomic E-state index is 15.3. The molecule has 47 heavy (non-hydrogen) atoms. The predicted octanol–water partition coefficient (Wildman–Crippen LogP) is 7.30. The van der Waals surface area contributed by atoms with Crippen LogP contribution in [0.4, 0.5) is 14.9 Å². The summed E-state index contributed by atoms with van der Waals surface area (Å²) in [6, 6.07) is 5.51. The summed E-state index contributed by atoms with van der Waals surface area (Å²) < 4.78 is 37.0. The van der Waals surface area contributed by atoms with Gasteiger partial charge in [-0.2, -0.15) is 0 Å². The Hall–Kier alpha value is -3.80. The van der Waals surface area contributed by atoms with E-state index < -0.39 is 41.9 Å². The molecule has 1 aliphatic carbocycles. The number of fused-ring (bicyclic) bond motifs is 1. The van der Waals surface area contributed by atoms with E-state index in [2.05, 4.69) is 34.5 Å². The summed E-state index contributed by atoms with van der Waals surface area (Å²) in [4.78, 5) is 45.2. The second-order valence-corrected chi connectivity index (χ2v) is 20.8. The molecule has 1 aliphatic heterocycles. The first kappa shape index (κ1) is 36.0. The van der Waals surface area contributed by atoms with E-state index in [4.69, 9.17) is 30.5 Å². The lowest BCUT2D eigenvalue weighted by Gasteiger charge is -2.37. The fourth-order valence-corrected chi connectivity index (χ4v) is 7.54. The Kier molecular flexibility index (Phi) is 10.5. The van der Waals surface area contributed by atoms with Gasteiger partial charge in [0.2, 0.25) is 11.6 Å². The third kappa shape index (κ3) is 8.20. The molecule has 3 heterocycles. The summed E-state index contributed by atoms with van der Waals surface area (Å²) >= 11 is 1.16. The highest BCUT2D eigenvalue weighted by atomic mass is 32.2. The van der Waals surface area contributed by atoms with Crippen molar-refractivity contribution in [2.24, 2.45) is 10.9 Å².